The fraction of sp³-hybridized carbons (Fsp3) is 0.350. The molecule has 0 saturated heterocycles. The van der Waals surface area contributed by atoms with E-state index in [0.29, 0.717) is 11.3 Å². The number of amides is 1. The number of benzene rings is 2. The van der Waals surface area contributed by atoms with Crippen molar-refractivity contribution in [3.63, 3.8) is 0 Å². The third-order valence-electron chi connectivity index (χ3n) is 4.48. The lowest BCUT2D eigenvalue weighted by atomic mass is 10.1. The summed E-state index contributed by atoms with van der Waals surface area (Å²) in [6.45, 7) is 0. The topological polar surface area (TPSA) is 49.4 Å². The zero-order valence-electron chi connectivity index (χ0n) is 15.1. The van der Waals surface area contributed by atoms with Crippen LogP contribution in [0.5, 0.6) is 0 Å². The van der Waals surface area contributed by atoms with Gasteiger partial charge in [0.2, 0.25) is 0 Å². The van der Waals surface area contributed by atoms with Gasteiger partial charge in [-0.2, -0.15) is 0 Å². The Labute approximate surface area is 162 Å². The molecule has 0 spiro atoms. The summed E-state index contributed by atoms with van der Waals surface area (Å²) in [5, 5.41) is 2.93. The number of nitrogens with zero attached hydrogens (tertiary/aromatic N) is 1. The van der Waals surface area contributed by atoms with Crippen LogP contribution in [-0.4, -0.2) is 29.2 Å². The molecule has 26 heavy (non-hydrogen) atoms. The zero-order valence-corrected chi connectivity index (χ0v) is 16.7. The number of hydrogen-bond acceptors (Lipinski definition) is 3. The molecule has 0 bridgehead atoms. The lowest BCUT2D eigenvalue weighted by molar-refractivity contribution is 0.102. The van der Waals surface area contributed by atoms with Crippen LogP contribution in [0.15, 0.2) is 53.4 Å². The number of hydrogen-bond donors (Lipinski definition) is 1. The molecule has 3 rings (SSSR count). The maximum atomic E-state index is 12.7. The first-order chi connectivity index (χ1) is 12.5. The highest BCUT2D eigenvalue weighted by molar-refractivity contribution is 7.99. The molecule has 2 aromatic carbocycles. The molecule has 0 aromatic heterocycles. The first kappa shape index (κ1) is 19.0. The van der Waals surface area contributed by atoms with E-state index in [-0.39, 0.29) is 5.91 Å². The monoisotopic (exact) mass is 388 g/mol. The van der Waals surface area contributed by atoms with Crippen LogP contribution in [0.4, 0.5) is 11.4 Å². The number of thioether (sulfide) groups is 1. The maximum Gasteiger partial charge on any atom is 0.257 e. The Bertz CT molecular complexity index is 789. The molecule has 1 atom stereocenters. The molecule has 1 aliphatic rings. The van der Waals surface area contributed by atoms with Crippen LogP contribution >= 0.6 is 11.8 Å². The molecule has 138 valence electrons. The summed E-state index contributed by atoms with van der Waals surface area (Å²) >= 11 is 1.87. The Hall–Kier alpha value is -1.79. The second-order valence-corrected chi connectivity index (χ2v) is 9.06. The first-order valence-corrected chi connectivity index (χ1v) is 11.2. The Morgan fingerprint density at radius 2 is 1.88 bits per heavy atom. The molecule has 6 heteroatoms. The van der Waals surface area contributed by atoms with Gasteiger partial charge in [0.05, 0.1) is 11.3 Å². The minimum atomic E-state index is -1.19. The van der Waals surface area contributed by atoms with Crippen LogP contribution in [0, 0.1) is 5.92 Å². The zero-order chi connectivity index (χ0) is 18.5. The molecule has 1 unspecified atom stereocenters. The molecule has 0 aliphatic heterocycles. The summed E-state index contributed by atoms with van der Waals surface area (Å²) in [5.41, 5.74) is 1.92. The Balaban J connectivity index is 1.63. The fourth-order valence-electron chi connectivity index (χ4n) is 2.66. The molecule has 1 fully saturated rings. The summed E-state index contributed by atoms with van der Waals surface area (Å²) in [7, 11) is 0.529. The van der Waals surface area contributed by atoms with Crippen molar-refractivity contribution in [1.29, 1.82) is 0 Å². The van der Waals surface area contributed by atoms with Crippen molar-refractivity contribution in [2.24, 2.45) is 5.92 Å². The van der Waals surface area contributed by atoms with Crippen molar-refractivity contribution in [3.05, 3.63) is 54.1 Å². The van der Waals surface area contributed by atoms with Crippen molar-refractivity contribution in [3.8, 4) is 0 Å². The molecule has 1 saturated carbocycles. The molecule has 1 aliphatic carbocycles. The average Bonchev–Trinajstić information content (AvgIpc) is 3.47. The number of anilines is 2. The van der Waals surface area contributed by atoms with Crippen LogP contribution in [0.25, 0.3) is 0 Å². The van der Waals surface area contributed by atoms with E-state index < -0.39 is 11.0 Å². The third kappa shape index (κ3) is 5.11. The predicted octanol–water partition coefficient (Wildman–Crippen LogP) is 4.56. The van der Waals surface area contributed by atoms with E-state index in [1.807, 2.05) is 48.2 Å². The van der Waals surface area contributed by atoms with E-state index in [0.717, 1.165) is 17.4 Å². The number of rotatable bonds is 8. The summed E-state index contributed by atoms with van der Waals surface area (Å²) in [4.78, 5) is 13.9. The summed E-state index contributed by atoms with van der Waals surface area (Å²) in [6.07, 6.45) is 5.68. The standard InChI is InChI=1S/C20H24N2O2S2/c1-22(26(2)24)19-6-4-3-5-18(19)20(23)21-16-9-11-17(12-10-16)25-14-13-15-7-8-15/h3-6,9-12,15H,7-8,13-14H2,1-2H3,(H,21,23). The van der Waals surface area contributed by atoms with Gasteiger partial charge in [-0.3, -0.25) is 9.10 Å². The summed E-state index contributed by atoms with van der Waals surface area (Å²) < 4.78 is 13.3. The van der Waals surface area contributed by atoms with Gasteiger partial charge in [-0.1, -0.05) is 25.0 Å². The van der Waals surface area contributed by atoms with Gasteiger partial charge >= 0.3 is 0 Å². The van der Waals surface area contributed by atoms with E-state index in [1.54, 1.807) is 29.7 Å². The molecule has 2 aromatic rings. The van der Waals surface area contributed by atoms with Gasteiger partial charge in [-0.15, -0.1) is 11.8 Å². The van der Waals surface area contributed by atoms with Crippen LogP contribution in [0.3, 0.4) is 0 Å². The van der Waals surface area contributed by atoms with E-state index in [1.165, 1.54) is 24.2 Å². The van der Waals surface area contributed by atoms with Gasteiger partial charge in [0.25, 0.3) is 5.91 Å². The lowest BCUT2D eigenvalue weighted by Crippen LogP contribution is -2.23. The van der Waals surface area contributed by atoms with Crippen molar-refractivity contribution in [2.75, 3.05) is 28.7 Å². The number of nitrogens with one attached hydrogen (secondary N) is 1. The van der Waals surface area contributed by atoms with Gasteiger partial charge < -0.3 is 5.32 Å². The Morgan fingerprint density at radius 1 is 1.19 bits per heavy atom. The highest BCUT2D eigenvalue weighted by Crippen LogP contribution is 2.34. The fourth-order valence-corrected chi connectivity index (χ4v) is 4.11. The minimum Gasteiger partial charge on any atom is -0.322 e. The van der Waals surface area contributed by atoms with Gasteiger partial charge in [0, 0.05) is 23.9 Å². The normalized spacial score (nSPS) is 14.7. The largest absolute Gasteiger partial charge is 0.322 e. The summed E-state index contributed by atoms with van der Waals surface area (Å²) in [5.74, 6) is 1.91. The van der Waals surface area contributed by atoms with Crippen LogP contribution in [-0.2, 0) is 11.0 Å². The second-order valence-electron chi connectivity index (χ2n) is 6.50. The molecular weight excluding hydrogens is 364 g/mol. The molecule has 4 nitrogen and oxygen atoms in total. The van der Waals surface area contributed by atoms with E-state index in [4.69, 9.17) is 0 Å². The number of para-hydroxylation sites is 1. The number of carbonyl (C=O) groups is 1. The third-order valence-corrected chi connectivity index (χ3v) is 6.49. The first-order valence-electron chi connectivity index (χ1n) is 8.75. The van der Waals surface area contributed by atoms with Gasteiger partial charge in [0.15, 0.2) is 0 Å². The quantitative estimate of drug-likeness (QED) is 0.675. The minimum absolute atomic E-state index is 0.202. The molecule has 0 heterocycles. The van der Waals surface area contributed by atoms with Gasteiger partial charge in [0.1, 0.15) is 11.0 Å². The number of carbonyl (C=O) groups excluding carboxylic acids is 1. The molecule has 0 radical (unpaired) electrons. The molecular formula is C20H24N2O2S2. The van der Waals surface area contributed by atoms with E-state index >= 15 is 0 Å². The summed E-state index contributed by atoms with van der Waals surface area (Å²) in [6, 6.07) is 15.2. The second kappa shape index (κ2) is 8.73. The lowest BCUT2D eigenvalue weighted by Gasteiger charge is -2.19. The predicted molar refractivity (Wildman–Crippen MR) is 111 cm³/mol. The van der Waals surface area contributed by atoms with Crippen molar-refractivity contribution in [2.45, 2.75) is 24.2 Å². The highest BCUT2D eigenvalue weighted by atomic mass is 32.2. The van der Waals surface area contributed by atoms with E-state index in [2.05, 4.69) is 5.32 Å². The van der Waals surface area contributed by atoms with Gasteiger partial charge in [-0.25, -0.2) is 4.21 Å². The van der Waals surface area contributed by atoms with Crippen LogP contribution in [0.1, 0.15) is 29.6 Å². The molecule has 1 amide bonds. The highest BCUT2D eigenvalue weighted by Gasteiger charge is 2.20. The average molecular weight is 389 g/mol. The molecule has 1 N–H and O–H groups in total. The SMILES string of the molecule is CN(c1ccccc1C(=O)Nc1ccc(SCCC2CC2)cc1)S(C)=O. The van der Waals surface area contributed by atoms with Gasteiger partial charge in [-0.05, 0) is 54.5 Å². The maximum absolute atomic E-state index is 12.7. The van der Waals surface area contributed by atoms with Crippen molar-refractivity contribution in [1.82, 2.24) is 0 Å². The Kier molecular flexibility index (Phi) is 6.38. The van der Waals surface area contributed by atoms with E-state index in [9.17, 15) is 9.00 Å². The van der Waals surface area contributed by atoms with Crippen molar-refractivity contribution >= 4 is 40.0 Å². The van der Waals surface area contributed by atoms with Crippen molar-refractivity contribution < 1.29 is 9.00 Å². The smallest absolute Gasteiger partial charge is 0.257 e. The van der Waals surface area contributed by atoms with Crippen LogP contribution < -0.4 is 9.62 Å². The van der Waals surface area contributed by atoms with Crippen LogP contribution in [0.2, 0.25) is 0 Å². The Morgan fingerprint density at radius 3 is 2.54 bits per heavy atom.